The Labute approximate surface area is 144 Å². The number of aromatic nitrogens is 1. The Morgan fingerprint density at radius 1 is 1.24 bits per heavy atom. The maximum Gasteiger partial charge on any atom is 0.295 e. The number of nitrogens with one attached hydrogen (secondary N) is 1. The molecule has 0 fully saturated rings. The number of anilines is 1. The third-order valence-corrected chi connectivity index (χ3v) is 5.06. The summed E-state index contributed by atoms with van der Waals surface area (Å²) in [7, 11) is -4.56. The molecule has 1 aromatic heterocycles. The fourth-order valence-electron chi connectivity index (χ4n) is 2.12. The van der Waals surface area contributed by atoms with Gasteiger partial charge in [-0.1, -0.05) is 23.5 Å². The zero-order valence-corrected chi connectivity index (χ0v) is 13.9. The molecule has 9 nitrogen and oxygen atoms in total. The van der Waals surface area contributed by atoms with Crippen LogP contribution < -0.4 is 5.32 Å². The van der Waals surface area contributed by atoms with Gasteiger partial charge in [0.05, 0.1) is 20.7 Å². The van der Waals surface area contributed by atoms with E-state index >= 15 is 0 Å². The lowest BCUT2D eigenvalue weighted by Crippen LogP contribution is -2.16. The second-order valence-electron chi connectivity index (χ2n) is 4.85. The summed E-state index contributed by atoms with van der Waals surface area (Å²) < 4.78 is 32.4. The molecule has 0 bridgehead atoms. The molecule has 0 atom stereocenters. The molecule has 11 heteroatoms. The van der Waals surface area contributed by atoms with Gasteiger partial charge in [-0.05, 0) is 18.2 Å². The highest BCUT2D eigenvalue weighted by Gasteiger charge is 2.21. The van der Waals surface area contributed by atoms with Gasteiger partial charge in [0.1, 0.15) is 4.90 Å². The maximum atomic E-state index is 12.3. The molecule has 3 aromatic rings. The summed E-state index contributed by atoms with van der Waals surface area (Å²) in [5.74, 6) is -0.776. The number of carbonyl (C=O) groups is 1. The number of nitrogens with zero attached hydrogens (tertiary/aromatic N) is 2. The van der Waals surface area contributed by atoms with Crippen LogP contribution in [0.1, 0.15) is 10.4 Å². The van der Waals surface area contributed by atoms with E-state index in [-0.39, 0.29) is 16.4 Å². The van der Waals surface area contributed by atoms with Gasteiger partial charge in [0.15, 0.2) is 5.13 Å². The lowest BCUT2D eigenvalue weighted by molar-refractivity contribution is -0.384. The van der Waals surface area contributed by atoms with E-state index < -0.39 is 25.8 Å². The van der Waals surface area contributed by atoms with E-state index in [4.69, 9.17) is 0 Å². The highest BCUT2D eigenvalue weighted by Crippen LogP contribution is 2.29. The fraction of sp³-hybridized carbons (Fsp3) is 0. The standard InChI is InChI=1S/C14H9N3O6S2/c18-13(9-3-1-2-4-12(9)25(21,22)23)16-14-15-10-6-5-8(17(19)20)7-11(10)24-14/h1-7H,(H,15,16,18)(H,21,22,23). The van der Waals surface area contributed by atoms with E-state index in [9.17, 15) is 27.9 Å². The SMILES string of the molecule is O=C(Nc1nc2ccc([N+](=O)[O-])cc2s1)c1ccccc1S(=O)(=O)O. The Kier molecular flexibility index (Phi) is 4.20. The van der Waals surface area contributed by atoms with Crippen LogP contribution in [-0.2, 0) is 10.1 Å². The minimum absolute atomic E-state index is 0.106. The summed E-state index contributed by atoms with van der Waals surface area (Å²) in [6, 6.07) is 9.24. The molecule has 1 heterocycles. The largest absolute Gasteiger partial charge is 0.298 e. The van der Waals surface area contributed by atoms with Gasteiger partial charge in [0, 0.05) is 12.1 Å². The van der Waals surface area contributed by atoms with Crippen molar-refractivity contribution in [3.05, 3.63) is 58.1 Å². The van der Waals surface area contributed by atoms with Gasteiger partial charge in [0.2, 0.25) is 0 Å². The van der Waals surface area contributed by atoms with Crippen molar-refractivity contribution in [3.63, 3.8) is 0 Å². The van der Waals surface area contributed by atoms with Crippen LogP contribution in [0.15, 0.2) is 47.4 Å². The molecule has 0 radical (unpaired) electrons. The summed E-state index contributed by atoms with van der Waals surface area (Å²) in [6.07, 6.45) is 0. The zero-order chi connectivity index (χ0) is 18.2. The first-order chi connectivity index (χ1) is 11.8. The number of hydrogen-bond donors (Lipinski definition) is 2. The minimum Gasteiger partial charge on any atom is -0.298 e. The lowest BCUT2D eigenvalue weighted by Gasteiger charge is -2.05. The number of carbonyl (C=O) groups excluding carboxylic acids is 1. The molecular formula is C14H9N3O6S2. The molecule has 0 aliphatic carbocycles. The van der Waals surface area contributed by atoms with E-state index in [1.54, 1.807) is 0 Å². The molecule has 2 N–H and O–H groups in total. The lowest BCUT2D eigenvalue weighted by atomic mass is 10.2. The first-order valence-corrected chi connectivity index (χ1v) is 8.94. The Morgan fingerprint density at radius 3 is 2.64 bits per heavy atom. The molecule has 0 aliphatic rings. The average molecular weight is 379 g/mol. The number of non-ortho nitro benzene ring substituents is 1. The highest BCUT2D eigenvalue weighted by molar-refractivity contribution is 7.86. The number of hydrogen-bond acceptors (Lipinski definition) is 7. The molecule has 0 spiro atoms. The highest BCUT2D eigenvalue weighted by atomic mass is 32.2. The number of rotatable bonds is 4. The molecule has 1 amide bonds. The first kappa shape index (κ1) is 17.0. The van der Waals surface area contributed by atoms with Gasteiger partial charge in [0.25, 0.3) is 21.7 Å². The van der Waals surface area contributed by atoms with Crippen molar-refractivity contribution >= 4 is 48.4 Å². The van der Waals surface area contributed by atoms with Gasteiger partial charge in [-0.2, -0.15) is 8.42 Å². The Morgan fingerprint density at radius 2 is 1.96 bits per heavy atom. The maximum absolute atomic E-state index is 12.3. The molecule has 0 saturated carbocycles. The Hall–Kier alpha value is -2.89. The molecule has 0 saturated heterocycles. The predicted octanol–water partition coefficient (Wildman–Crippen LogP) is 2.70. The van der Waals surface area contributed by atoms with Crippen LogP contribution in [-0.4, -0.2) is 28.8 Å². The molecule has 0 unspecified atom stereocenters. The number of nitro groups is 1. The smallest absolute Gasteiger partial charge is 0.295 e. The van der Waals surface area contributed by atoms with Crippen molar-refractivity contribution < 1.29 is 22.7 Å². The number of benzene rings is 2. The average Bonchev–Trinajstić information content (AvgIpc) is 2.95. The van der Waals surface area contributed by atoms with Crippen LogP contribution in [0.5, 0.6) is 0 Å². The number of amides is 1. The van der Waals surface area contributed by atoms with Crippen LogP contribution in [0.4, 0.5) is 10.8 Å². The van der Waals surface area contributed by atoms with Crippen LogP contribution in [0, 0.1) is 10.1 Å². The van der Waals surface area contributed by atoms with E-state index in [2.05, 4.69) is 10.3 Å². The Bertz CT molecular complexity index is 1110. The van der Waals surface area contributed by atoms with E-state index in [0.29, 0.717) is 10.2 Å². The minimum atomic E-state index is -4.56. The normalized spacial score (nSPS) is 11.4. The van der Waals surface area contributed by atoms with Gasteiger partial charge in [-0.15, -0.1) is 0 Å². The van der Waals surface area contributed by atoms with E-state index in [1.807, 2.05) is 0 Å². The third kappa shape index (κ3) is 3.47. The number of nitro benzene ring substituents is 1. The molecule has 2 aromatic carbocycles. The quantitative estimate of drug-likeness (QED) is 0.403. The summed E-state index contributed by atoms with van der Waals surface area (Å²) in [5.41, 5.74) is 0.106. The Balaban J connectivity index is 1.94. The van der Waals surface area contributed by atoms with Crippen LogP contribution in [0.3, 0.4) is 0 Å². The predicted molar refractivity (Wildman–Crippen MR) is 90.5 cm³/mol. The monoisotopic (exact) mass is 379 g/mol. The van der Waals surface area contributed by atoms with Crippen LogP contribution >= 0.6 is 11.3 Å². The summed E-state index contributed by atoms with van der Waals surface area (Å²) in [6.45, 7) is 0. The molecule has 25 heavy (non-hydrogen) atoms. The van der Waals surface area contributed by atoms with E-state index in [1.165, 1.54) is 36.4 Å². The van der Waals surface area contributed by atoms with Crippen molar-refractivity contribution in [1.82, 2.24) is 4.98 Å². The van der Waals surface area contributed by atoms with Gasteiger partial charge >= 0.3 is 0 Å². The van der Waals surface area contributed by atoms with E-state index in [0.717, 1.165) is 17.4 Å². The van der Waals surface area contributed by atoms with Crippen molar-refractivity contribution in [2.75, 3.05) is 5.32 Å². The van der Waals surface area contributed by atoms with Gasteiger partial charge in [-0.25, -0.2) is 4.98 Å². The second kappa shape index (κ2) is 6.20. The van der Waals surface area contributed by atoms with Crippen molar-refractivity contribution in [3.8, 4) is 0 Å². The van der Waals surface area contributed by atoms with Crippen LogP contribution in [0.2, 0.25) is 0 Å². The molecule has 128 valence electrons. The molecular weight excluding hydrogens is 370 g/mol. The number of thiazole rings is 1. The first-order valence-electron chi connectivity index (χ1n) is 6.68. The van der Waals surface area contributed by atoms with Gasteiger partial charge in [-0.3, -0.25) is 24.8 Å². The van der Waals surface area contributed by atoms with Gasteiger partial charge < -0.3 is 0 Å². The summed E-state index contributed by atoms with van der Waals surface area (Å²) >= 11 is 1.01. The zero-order valence-electron chi connectivity index (χ0n) is 12.2. The summed E-state index contributed by atoms with van der Waals surface area (Å²) in [5, 5.41) is 13.4. The van der Waals surface area contributed by atoms with Crippen molar-refractivity contribution in [1.29, 1.82) is 0 Å². The second-order valence-corrected chi connectivity index (χ2v) is 7.27. The molecule has 0 aliphatic heterocycles. The molecule has 3 rings (SSSR count). The third-order valence-electron chi connectivity index (χ3n) is 3.21. The van der Waals surface area contributed by atoms with Crippen LogP contribution in [0.25, 0.3) is 10.2 Å². The van der Waals surface area contributed by atoms with Crippen molar-refractivity contribution in [2.45, 2.75) is 4.90 Å². The number of fused-ring (bicyclic) bond motifs is 1. The fourth-order valence-corrected chi connectivity index (χ4v) is 3.71. The van der Waals surface area contributed by atoms with Crippen molar-refractivity contribution in [2.24, 2.45) is 0 Å². The topological polar surface area (TPSA) is 139 Å². The summed E-state index contributed by atoms with van der Waals surface area (Å²) in [4.78, 5) is 26.1.